The fourth-order valence-electron chi connectivity index (χ4n) is 3.54. The van der Waals surface area contributed by atoms with E-state index < -0.39 is 5.54 Å². The van der Waals surface area contributed by atoms with Gasteiger partial charge in [0.05, 0.1) is 5.54 Å². The van der Waals surface area contributed by atoms with Crippen molar-refractivity contribution in [1.29, 1.82) is 0 Å². The van der Waals surface area contributed by atoms with Crippen LogP contribution in [0.1, 0.15) is 29.5 Å². The van der Waals surface area contributed by atoms with Gasteiger partial charge >= 0.3 is 0 Å². The molecular formula is C20H22N4. The highest BCUT2D eigenvalue weighted by molar-refractivity contribution is 5.71. The molecule has 0 radical (unpaired) electrons. The molecule has 0 aromatic heterocycles. The van der Waals surface area contributed by atoms with Crippen molar-refractivity contribution < 1.29 is 0 Å². The fraction of sp³-hybridized carbons (Fsp3) is 0.300. The summed E-state index contributed by atoms with van der Waals surface area (Å²) in [6, 6.07) is 14.9. The first-order valence-corrected chi connectivity index (χ1v) is 8.12. The van der Waals surface area contributed by atoms with E-state index in [9.17, 15) is 0 Å². The number of rotatable bonds is 3. The molecule has 1 heterocycles. The second-order valence-electron chi connectivity index (χ2n) is 6.74. The molecule has 1 aliphatic heterocycles. The molecule has 3 rings (SSSR count). The highest BCUT2D eigenvalue weighted by atomic mass is 15.2. The zero-order valence-corrected chi connectivity index (χ0v) is 14.4. The summed E-state index contributed by atoms with van der Waals surface area (Å²) in [6.07, 6.45) is 1.90. The molecule has 0 saturated heterocycles. The highest BCUT2D eigenvalue weighted by Crippen LogP contribution is 2.46. The standard InChI is InChI=1S/C20H22N4/c1-5-18-17-12-15(3)8-11-19(17)24(13-20(18,4)22-23-21)16-9-6-14(2)7-10-16/h5-12,18H,1,13H2,2-4H3/t18-,20+/m0/s1. The lowest BCUT2D eigenvalue weighted by Gasteiger charge is -2.44. The van der Waals surface area contributed by atoms with E-state index in [1.165, 1.54) is 11.1 Å². The third-order valence-electron chi connectivity index (χ3n) is 4.81. The van der Waals surface area contributed by atoms with Gasteiger partial charge in [-0.2, -0.15) is 0 Å². The predicted octanol–water partition coefficient (Wildman–Crippen LogP) is 5.79. The minimum Gasteiger partial charge on any atom is -0.341 e. The summed E-state index contributed by atoms with van der Waals surface area (Å²) < 4.78 is 0. The van der Waals surface area contributed by atoms with Gasteiger partial charge in [0.2, 0.25) is 0 Å². The molecule has 0 spiro atoms. The Kier molecular flexibility index (Phi) is 4.08. The van der Waals surface area contributed by atoms with E-state index in [-0.39, 0.29) is 5.92 Å². The normalized spacial score (nSPS) is 22.5. The number of hydrogen-bond acceptors (Lipinski definition) is 2. The molecule has 0 bridgehead atoms. The van der Waals surface area contributed by atoms with E-state index in [1.54, 1.807) is 0 Å². The van der Waals surface area contributed by atoms with Crippen molar-refractivity contribution in [2.45, 2.75) is 32.2 Å². The summed E-state index contributed by atoms with van der Waals surface area (Å²) in [5.41, 5.74) is 14.3. The number of anilines is 2. The van der Waals surface area contributed by atoms with Crippen LogP contribution >= 0.6 is 0 Å². The maximum absolute atomic E-state index is 9.10. The monoisotopic (exact) mass is 318 g/mol. The molecule has 4 heteroatoms. The maximum Gasteiger partial charge on any atom is 0.0742 e. The maximum atomic E-state index is 9.10. The van der Waals surface area contributed by atoms with Crippen LogP contribution in [0.15, 0.2) is 60.2 Å². The molecule has 1 aliphatic rings. The average Bonchev–Trinajstić information content (AvgIpc) is 2.55. The zero-order chi connectivity index (χ0) is 17.3. The van der Waals surface area contributed by atoms with Gasteiger partial charge in [-0.3, -0.25) is 0 Å². The summed E-state index contributed by atoms with van der Waals surface area (Å²) in [5, 5.41) is 4.16. The Bertz CT molecular complexity index is 818. The molecule has 4 nitrogen and oxygen atoms in total. The van der Waals surface area contributed by atoms with Crippen molar-refractivity contribution in [1.82, 2.24) is 0 Å². The quantitative estimate of drug-likeness (QED) is 0.305. The molecule has 2 aromatic rings. The summed E-state index contributed by atoms with van der Waals surface area (Å²) in [5.74, 6) is -0.00926. The molecule has 2 aromatic carbocycles. The summed E-state index contributed by atoms with van der Waals surface area (Å²) in [7, 11) is 0. The molecule has 122 valence electrons. The molecule has 0 unspecified atom stereocenters. The highest BCUT2D eigenvalue weighted by Gasteiger charge is 2.41. The lowest BCUT2D eigenvalue weighted by molar-refractivity contribution is 0.414. The Morgan fingerprint density at radius 1 is 1.21 bits per heavy atom. The number of aryl methyl sites for hydroxylation is 2. The second kappa shape index (κ2) is 6.06. The number of fused-ring (bicyclic) bond motifs is 1. The van der Waals surface area contributed by atoms with Crippen molar-refractivity contribution in [2.75, 3.05) is 11.4 Å². The first kappa shape index (κ1) is 16.2. The van der Waals surface area contributed by atoms with Gasteiger partial charge in [-0.25, -0.2) is 0 Å². The van der Waals surface area contributed by atoms with Gasteiger partial charge in [-0.1, -0.05) is 53.5 Å². The van der Waals surface area contributed by atoms with Gasteiger partial charge in [0.1, 0.15) is 0 Å². The smallest absolute Gasteiger partial charge is 0.0742 e. The van der Waals surface area contributed by atoms with E-state index in [1.807, 2.05) is 13.0 Å². The van der Waals surface area contributed by atoms with Crippen LogP contribution in [0, 0.1) is 13.8 Å². The van der Waals surface area contributed by atoms with Gasteiger partial charge in [0, 0.05) is 28.7 Å². The van der Waals surface area contributed by atoms with Crippen LogP contribution in [0.2, 0.25) is 0 Å². The third-order valence-corrected chi connectivity index (χ3v) is 4.81. The van der Waals surface area contributed by atoms with Gasteiger partial charge in [0.15, 0.2) is 0 Å². The molecule has 0 N–H and O–H groups in total. The largest absolute Gasteiger partial charge is 0.341 e. The van der Waals surface area contributed by atoms with Gasteiger partial charge in [0.25, 0.3) is 0 Å². The Hall–Kier alpha value is -2.71. The predicted molar refractivity (Wildman–Crippen MR) is 99.9 cm³/mol. The summed E-state index contributed by atoms with van der Waals surface area (Å²) in [4.78, 5) is 5.36. The molecule has 0 saturated carbocycles. The first-order valence-electron chi connectivity index (χ1n) is 8.12. The summed E-state index contributed by atoms with van der Waals surface area (Å²) >= 11 is 0. The molecule has 0 aliphatic carbocycles. The van der Waals surface area contributed by atoms with E-state index in [0.29, 0.717) is 6.54 Å². The number of nitrogens with zero attached hydrogens (tertiary/aromatic N) is 4. The number of hydrogen-bond donors (Lipinski definition) is 0. The SMILES string of the molecule is C=C[C@H]1c2cc(C)ccc2N(c2ccc(C)cc2)C[C@@]1(C)N=[N+]=[N-]. The topological polar surface area (TPSA) is 52.0 Å². The molecular weight excluding hydrogens is 296 g/mol. The average molecular weight is 318 g/mol. The number of benzene rings is 2. The summed E-state index contributed by atoms with van der Waals surface area (Å²) in [6.45, 7) is 10.8. The number of azide groups is 1. The van der Waals surface area contributed by atoms with Crippen LogP contribution in [-0.2, 0) is 0 Å². The van der Waals surface area contributed by atoms with Gasteiger partial charge in [-0.15, -0.1) is 6.58 Å². The van der Waals surface area contributed by atoms with Crippen LogP contribution in [0.3, 0.4) is 0 Å². The molecule has 0 amide bonds. The second-order valence-corrected chi connectivity index (χ2v) is 6.74. The van der Waals surface area contributed by atoms with E-state index in [4.69, 9.17) is 5.53 Å². The Morgan fingerprint density at radius 3 is 2.50 bits per heavy atom. The van der Waals surface area contributed by atoms with Gasteiger partial charge < -0.3 is 4.90 Å². The zero-order valence-electron chi connectivity index (χ0n) is 14.4. The Morgan fingerprint density at radius 2 is 1.88 bits per heavy atom. The Balaban J connectivity index is 2.22. The molecule has 0 fully saturated rings. The van der Waals surface area contributed by atoms with Crippen molar-refractivity contribution in [3.63, 3.8) is 0 Å². The minimum atomic E-state index is -0.581. The van der Waals surface area contributed by atoms with Crippen molar-refractivity contribution in [2.24, 2.45) is 5.11 Å². The van der Waals surface area contributed by atoms with Crippen molar-refractivity contribution in [3.05, 3.63) is 82.3 Å². The van der Waals surface area contributed by atoms with E-state index in [2.05, 4.69) is 77.8 Å². The molecule has 24 heavy (non-hydrogen) atoms. The van der Waals surface area contributed by atoms with E-state index >= 15 is 0 Å². The lowest BCUT2D eigenvalue weighted by atomic mass is 9.76. The fourth-order valence-corrected chi connectivity index (χ4v) is 3.54. The van der Waals surface area contributed by atoms with Crippen LogP contribution in [0.4, 0.5) is 11.4 Å². The van der Waals surface area contributed by atoms with Gasteiger partial charge in [-0.05, 0) is 43.1 Å². The first-order chi connectivity index (χ1) is 11.5. The van der Waals surface area contributed by atoms with Crippen LogP contribution in [0.5, 0.6) is 0 Å². The lowest BCUT2D eigenvalue weighted by Crippen LogP contribution is -2.45. The minimum absolute atomic E-state index is 0.00926. The van der Waals surface area contributed by atoms with Crippen molar-refractivity contribution in [3.8, 4) is 0 Å². The molecule has 2 atom stereocenters. The van der Waals surface area contributed by atoms with Crippen LogP contribution in [-0.4, -0.2) is 12.1 Å². The van der Waals surface area contributed by atoms with E-state index in [0.717, 1.165) is 16.9 Å². The van der Waals surface area contributed by atoms with Crippen molar-refractivity contribution >= 4 is 11.4 Å². The Labute approximate surface area is 143 Å². The van der Waals surface area contributed by atoms with Crippen LogP contribution in [0.25, 0.3) is 10.4 Å². The van der Waals surface area contributed by atoms with Crippen LogP contribution < -0.4 is 4.90 Å². The third kappa shape index (κ3) is 2.66.